The van der Waals surface area contributed by atoms with Crippen LogP contribution in [0.25, 0.3) is 0 Å². The second-order valence-corrected chi connectivity index (χ2v) is 4.94. The average Bonchev–Trinajstić information content (AvgIpc) is 2.80. The molecule has 0 aliphatic heterocycles. The zero-order chi connectivity index (χ0) is 10.8. The molecule has 0 radical (unpaired) electrons. The maximum Gasteiger partial charge on any atom is 0.271 e. The Morgan fingerprint density at radius 1 is 1.60 bits per heavy atom. The number of rotatable bonds is 4. The van der Waals surface area contributed by atoms with Gasteiger partial charge in [-0.3, -0.25) is 4.79 Å². The SMILES string of the molecule is CC(C)NC(=O)c1csc(NC2CC2)n1. The van der Waals surface area contributed by atoms with E-state index in [0.717, 1.165) is 5.13 Å². The van der Waals surface area contributed by atoms with Gasteiger partial charge in [-0.2, -0.15) is 0 Å². The van der Waals surface area contributed by atoms with Gasteiger partial charge in [0.1, 0.15) is 5.69 Å². The summed E-state index contributed by atoms with van der Waals surface area (Å²) in [5.41, 5.74) is 0.511. The van der Waals surface area contributed by atoms with Crippen molar-refractivity contribution in [2.45, 2.75) is 38.8 Å². The minimum Gasteiger partial charge on any atom is -0.359 e. The van der Waals surface area contributed by atoms with Crippen LogP contribution in [0.2, 0.25) is 0 Å². The molecule has 1 saturated carbocycles. The molecule has 1 heterocycles. The molecule has 1 aliphatic rings. The number of nitrogens with zero attached hydrogens (tertiary/aromatic N) is 1. The Balaban J connectivity index is 1.95. The zero-order valence-electron chi connectivity index (χ0n) is 8.91. The number of aromatic nitrogens is 1. The predicted octanol–water partition coefficient (Wildman–Crippen LogP) is 1.86. The van der Waals surface area contributed by atoms with E-state index < -0.39 is 0 Å². The topological polar surface area (TPSA) is 54.0 Å². The van der Waals surface area contributed by atoms with Crippen molar-refractivity contribution in [3.05, 3.63) is 11.1 Å². The van der Waals surface area contributed by atoms with E-state index in [1.807, 2.05) is 13.8 Å². The van der Waals surface area contributed by atoms with Crippen LogP contribution in [0.5, 0.6) is 0 Å². The van der Waals surface area contributed by atoms with Gasteiger partial charge in [0, 0.05) is 17.5 Å². The standard InChI is InChI=1S/C10H15N3OS/c1-6(2)11-9(14)8-5-15-10(13-8)12-7-3-4-7/h5-7H,3-4H2,1-2H3,(H,11,14)(H,12,13). The van der Waals surface area contributed by atoms with E-state index in [4.69, 9.17) is 0 Å². The quantitative estimate of drug-likeness (QED) is 0.822. The van der Waals surface area contributed by atoms with Gasteiger partial charge in [0.05, 0.1) is 0 Å². The van der Waals surface area contributed by atoms with Gasteiger partial charge < -0.3 is 10.6 Å². The number of carbonyl (C=O) groups excluding carboxylic acids is 1. The summed E-state index contributed by atoms with van der Waals surface area (Å²) in [6.07, 6.45) is 2.43. The van der Waals surface area contributed by atoms with E-state index in [9.17, 15) is 4.79 Å². The van der Waals surface area contributed by atoms with Crippen LogP contribution in [0.1, 0.15) is 37.2 Å². The van der Waals surface area contributed by atoms with Crippen LogP contribution in [0.3, 0.4) is 0 Å². The number of amides is 1. The van der Waals surface area contributed by atoms with E-state index in [-0.39, 0.29) is 11.9 Å². The van der Waals surface area contributed by atoms with Crippen molar-refractivity contribution >= 4 is 22.4 Å². The molecule has 5 heteroatoms. The lowest BCUT2D eigenvalue weighted by Crippen LogP contribution is -2.30. The van der Waals surface area contributed by atoms with Crippen LogP contribution in [0, 0.1) is 0 Å². The first-order chi connectivity index (χ1) is 7.15. The number of carbonyl (C=O) groups is 1. The summed E-state index contributed by atoms with van der Waals surface area (Å²) in [7, 11) is 0. The molecule has 0 spiro atoms. The molecule has 0 bridgehead atoms. The summed E-state index contributed by atoms with van der Waals surface area (Å²) in [5, 5.41) is 8.74. The fraction of sp³-hybridized carbons (Fsp3) is 0.600. The molecule has 1 aromatic rings. The minimum absolute atomic E-state index is 0.0925. The summed E-state index contributed by atoms with van der Waals surface area (Å²) < 4.78 is 0. The number of thiazole rings is 1. The highest BCUT2D eigenvalue weighted by molar-refractivity contribution is 7.13. The fourth-order valence-corrected chi connectivity index (χ4v) is 1.95. The third kappa shape index (κ3) is 2.92. The van der Waals surface area contributed by atoms with Crippen LogP contribution in [0.4, 0.5) is 5.13 Å². The van der Waals surface area contributed by atoms with E-state index in [2.05, 4.69) is 15.6 Å². The van der Waals surface area contributed by atoms with Crippen LogP contribution in [-0.4, -0.2) is 23.0 Å². The van der Waals surface area contributed by atoms with Gasteiger partial charge in [0.2, 0.25) is 0 Å². The Bertz CT molecular complexity index is 357. The third-order valence-corrected chi connectivity index (χ3v) is 2.84. The fourth-order valence-electron chi connectivity index (χ4n) is 1.18. The highest BCUT2D eigenvalue weighted by Gasteiger charge is 2.22. The first-order valence-electron chi connectivity index (χ1n) is 5.18. The third-order valence-electron chi connectivity index (χ3n) is 2.06. The molecule has 15 heavy (non-hydrogen) atoms. The zero-order valence-corrected chi connectivity index (χ0v) is 9.73. The molecule has 0 atom stereocenters. The summed E-state index contributed by atoms with van der Waals surface area (Å²) in [6.45, 7) is 3.88. The number of hydrogen-bond acceptors (Lipinski definition) is 4. The molecule has 4 nitrogen and oxygen atoms in total. The summed E-state index contributed by atoms with van der Waals surface area (Å²) >= 11 is 1.49. The number of nitrogens with one attached hydrogen (secondary N) is 2. The average molecular weight is 225 g/mol. The Morgan fingerprint density at radius 3 is 2.93 bits per heavy atom. The van der Waals surface area contributed by atoms with E-state index >= 15 is 0 Å². The first-order valence-corrected chi connectivity index (χ1v) is 6.06. The molecule has 1 amide bonds. The van der Waals surface area contributed by atoms with E-state index in [0.29, 0.717) is 11.7 Å². The molecular weight excluding hydrogens is 210 g/mol. The molecule has 2 N–H and O–H groups in total. The van der Waals surface area contributed by atoms with Crippen molar-refractivity contribution in [1.82, 2.24) is 10.3 Å². The van der Waals surface area contributed by atoms with Crippen molar-refractivity contribution in [2.75, 3.05) is 5.32 Å². The second-order valence-electron chi connectivity index (χ2n) is 4.08. The second kappa shape index (κ2) is 4.18. The minimum atomic E-state index is -0.0925. The molecule has 0 aromatic carbocycles. The lowest BCUT2D eigenvalue weighted by atomic mass is 10.3. The lowest BCUT2D eigenvalue weighted by Gasteiger charge is -2.05. The van der Waals surface area contributed by atoms with Crippen molar-refractivity contribution in [2.24, 2.45) is 0 Å². The molecule has 0 unspecified atom stereocenters. The van der Waals surface area contributed by atoms with Gasteiger partial charge >= 0.3 is 0 Å². The summed E-state index contributed by atoms with van der Waals surface area (Å²) in [6, 6.07) is 0.733. The van der Waals surface area contributed by atoms with E-state index in [1.54, 1.807) is 5.38 Å². The van der Waals surface area contributed by atoms with Gasteiger partial charge in [0.25, 0.3) is 5.91 Å². The Labute approximate surface area is 93.1 Å². The van der Waals surface area contributed by atoms with Crippen LogP contribution in [0.15, 0.2) is 5.38 Å². The van der Waals surface area contributed by atoms with Crippen molar-refractivity contribution < 1.29 is 4.79 Å². The van der Waals surface area contributed by atoms with Gasteiger partial charge in [0.15, 0.2) is 5.13 Å². The maximum atomic E-state index is 11.6. The first kappa shape index (κ1) is 10.4. The predicted molar refractivity (Wildman–Crippen MR) is 61.4 cm³/mol. The highest BCUT2D eigenvalue weighted by Crippen LogP contribution is 2.26. The lowest BCUT2D eigenvalue weighted by molar-refractivity contribution is 0.0939. The van der Waals surface area contributed by atoms with Crippen LogP contribution >= 0.6 is 11.3 Å². The highest BCUT2D eigenvalue weighted by atomic mass is 32.1. The van der Waals surface area contributed by atoms with Crippen molar-refractivity contribution in [3.63, 3.8) is 0 Å². The molecule has 2 rings (SSSR count). The summed E-state index contributed by atoms with van der Waals surface area (Å²) in [4.78, 5) is 15.8. The largest absolute Gasteiger partial charge is 0.359 e. The molecule has 82 valence electrons. The number of anilines is 1. The van der Waals surface area contributed by atoms with Gasteiger partial charge in [-0.25, -0.2) is 4.98 Å². The molecule has 1 aliphatic carbocycles. The Kier molecular flexibility index (Phi) is 2.90. The van der Waals surface area contributed by atoms with Gasteiger partial charge in [-0.1, -0.05) is 0 Å². The molecule has 1 aromatic heterocycles. The summed E-state index contributed by atoms with van der Waals surface area (Å²) in [5.74, 6) is -0.0925. The van der Waals surface area contributed by atoms with Gasteiger partial charge in [-0.05, 0) is 26.7 Å². The number of hydrogen-bond donors (Lipinski definition) is 2. The van der Waals surface area contributed by atoms with E-state index in [1.165, 1.54) is 24.2 Å². The molecular formula is C10H15N3OS. The Hall–Kier alpha value is -1.10. The maximum absolute atomic E-state index is 11.6. The Morgan fingerprint density at radius 2 is 2.33 bits per heavy atom. The van der Waals surface area contributed by atoms with Crippen LogP contribution in [-0.2, 0) is 0 Å². The monoisotopic (exact) mass is 225 g/mol. The van der Waals surface area contributed by atoms with Crippen molar-refractivity contribution in [3.8, 4) is 0 Å². The molecule has 0 saturated heterocycles. The molecule has 1 fully saturated rings. The smallest absolute Gasteiger partial charge is 0.271 e. The van der Waals surface area contributed by atoms with Gasteiger partial charge in [-0.15, -0.1) is 11.3 Å². The van der Waals surface area contributed by atoms with Crippen molar-refractivity contribution in [1.29, 1.82) is 0 Å². The normalized spacial score (nSPS) is 15.4. The van der Waals surface area contributed by atoms with Crippen LogP contribution < -0.4 is 10.6 Å².